The van der Waals surface area contributed by atoms with Gasteiger partial charge < -0.3 is 14.2 Å². The minimum absolute atomic E-state index is 0.123. The summed E-state index contributed by atoms with van der Waals surface area (Å²) in [6.45, 7) is 9.07. The standard InChI is InChI=1S/C24H31N3O2/c1-5-18(3)27(19(4)6-2)24(28)16-26-22-15-11-10-14-21(22)25-23(26)17-29-20-12-8-7-9-13-20/h7-15,18-19H,5-6,16-17H2,1-4H3. The third-order valence-electron chi connectivity index (χ3n) is 5.56. The van der Waals surface area contributed by atoms with Gasteiger partial charge in [-0.25, -0.2) is 4.98 Å². The molecule has 5 nitrogen and oxygen atoms in total. The number of fused-ring (bicyclic) bond motifs is 1. The Balaban J connectivity index is 1.89. The van der Waals surface area contributed by atoms with Gasteiger partial charge in [-0.2, -0.15) is 0 Å². The second-order valence-corrected chi connectivity index (χ2v) is 7.52. The number of benzene rings is 2. The minimum atomic E-state index is 0.123. The van der Waals surface area contributed by atoms with Gasteiger partial charge in [0.25, 0.3) is 0 Å². The summed E-state index contributed by atoms with van der Waals surface area (Å²) in [6, 6.07) is 18.0. The Hall–Kier alpha value is -2.82. The molecule has 2 atom stereocenters. The molecule has 3 aromatic rings. The number of aromatic nitrogens is 2. The van der Waals surface area contributed by atoms with Crippen LogP contribution in [0, 0.1) is 0 Å². The van der Waals surface area contributed by atoms with Crippen molar-refractivity contribution >= 4 is 16.9 Å². The second-order valence-electron chi connectivity index (χ2n) is 7.52. The number of imidazole rings is 1. The number of carbonyl (C=O) groups is 1. The van der Waals surface area contributed by atoms with Gasteiger partial charge in [0, 0.05) is 12.1 Å². The lowest BCUT2D eigenvalue weighted by molar-refractivity contribution is -0.136. The average molecular weight is 394 g/mol. The first-order chi connectivity index (χ1) is 14.0. The Labute approximate surface area is 173 Å². The highest BCUT2D eigenvalue weighted by atomic mass is 16.5. The summed E-state index contributed by atoms with van der Waals surface area (Å²) in [5.74, 6) is 1.67. The van der Waals surface area contributed by atoms with E-state index < -0.39 is 0 Å². The Morgan fingerprint density at radius 3 is 2.28 bits per heavy atom. The molecular weight excluding hydrogens is 362 g/mol. The molecule has 154 valence electrons. The van der Waals surface area contributed by atoms with Crippen LogP contribution in [0.25, 0.3) is 11.0 Å². The number of amides is 1. The molecule has 1 heterocycles. The van der Waals surface area contributed by atoms with E-state index in [1.807, 2.05) is 64.1 Å². The first kappa shape index (κ1) is 20.9. The van der Waals surface area contributed by atoms with Gasteiger partial charge in [-0.1, -0.05) is 44.2 Å². The normalized spacial score (nSPS) is 13.2. The van der Waals surface area contributed by atoms with Crippen LogP contribution in [0.15, 0.2) is 54.6 Å². The Morgan fingerprint density at radius 1 is 1.00 bits per heavy atom. The van der Waals surface area contributed by atoms with E-state index in [0.29, 0.717) is 6.61 Å². The summed E-state index contributed by atoms with van der Waals surface area (Å²) in [6.07, 6.45) is 1.87. The first-order valence-electron chi connectivity index (χ1n) is 10.5. The first-order valence-corrected chi connectivity index (χ1v) is 10.5. The highest BCUT2D eigenvalue weighted by Crippen LogP contribution is 2.20. The summed E-state index contributed by atoms with van der Waals surface area (Å²) in [7, 11) is 0. The monoisotopic (exact) mass is 393 g/mol. The summed E-state index contributed by atoms with van der Waals surface area (Å²) in [5.41, 5.74) is 1.84. The van der Waals surface area contributed by atoms with Crippen LogP contribution in [0.4, 0.5) is 0 Å². The van der Waals surface area contributed by atoms with Gasteiger partial charge in [0.05, 0.1) is 11.0 Å². The van der Waals surface area contributed by atoms with E-state index in [2.05, 4.69) is 27.7 Å². The van der Waals surface area contributed by atoms with Crippen molar-refractivity contribution in [2.24, 2.45) is 0 Å². The van der Waals surface area contributed by atoms with Gasteiger partial charge in [0.1, 0.15) is 24.7 Å². The maximum Gasteiger partial charge on any atom is 0.243 e. The van der Waals surface area contributed by atoms with Crippen molar-refractivity contribution in [2.45, 2.75) is 65.8 Å². The SMILES string of the molecule is CCC(C)N(C(=O)Cn1c(COc2ccccc2)nc2ccccc21)C(C)CC. The largest absolute Gasteiger partial charge is 0.486 e. The van der Waals surface area contributed by atoms with Gasteiger partial charge in [0.2, 0.25) is 5.91 Å². The predicted molar refractivity (Wildman–Crippen MR) is 117 cm³/mol. The number of ether oxygens (including phenoxy) is 1. The molecule has 0 fully saturated rings. The topological polar surface area (TPSA) is 47.4 Å². The van der Waals surface area contributed by atoms with E-state index in [1.54, 1.807) is 0 Å². The number of para-hydroxylation sites is 3. The van der Waals surface area contributed by atoms with E-state index in [4.69, 9.17) is 9.72 Å². The fourth-order valence-electron chi connectivity index (χ4n) is 3.61. The lowest BCUT2D eigenvalue weighted by Crippen LogP contribution is -2.45. The van der Waals surface area contributed by atoms with Crippen LogP contribution >= 0.6 is 0 Å². The Bertz CT molecular complexity index is 926. The van der Waals surface area contributed by atoms with Crippen molar-refractivity contribution in [3.05, 3.63) is 60.4 Å². The van der Waals surface area contributed by atoms with Crippen LogP contribution < -0.4 is 4.74 Å². The molecule has 0 aliphatic heterocycles. The molecule has 29 heavy (non-hydrogen) atoms. The molecule has 0 saturated heterocycles. The smallest absolute Gasteiger partial charge is 0.243 e. The predicted octanol–water partition coefficient (Wildman–Crippen LogP) is 5.04. The van der Waals surface area contributed by atoms with Crippen molar-refractivity contribution in [3.63, 3.8) is 0 Å². The quantitative estimate of drug-likeness (QED) is 0.512. The highest BCUT2D eigenvalue weighted by molar-refractivity contribution is 5.81. The second kappa shape index (κ2) is 9.59. The summed E-state index contributed by atoms with van der Waals surface area (Å²) < 4.78 is 7.93. The molecule has 0 aliphatic rings. The lowest BCUT2D eigenvalue weighted by atomic mass is 10.1. The van der Waals surface area contributed by atoms with Crippen molar-refractivity contribution in [1.82, 2.24) is 14.5 Å². The molecule has 0 aliphatic carbocycles. The summed E-state index contributed by atoms with van der Waals surface area (Å²) >= 11 is 0. The van der Waals surface area contributed by atoms with Gasteiger partial charge >= 0.3 is 0 Å². The molecule has 0 bridgehead atoms. The van der Waals surface area contributed by atoms with E-state index >= 15 is 0 Å². The van der Waals surface area contributed by atoms with Gasteiger partial charge in [-0.05, 0) is 51.0 Å². The van der Waals surface area contributed by atoms with Crippen molar-refractivity contribution < 1.29 is 9.53 Å². The zero-order valence-electron chi connectivity index (χ0n) is 17.8. The molecule has 3 rings (SSSR count). The van der Waals surface area contributed by atoms with Crippen LogP contribution in [0.5, 0.6) is 5.75 Å². The Morgan fingerprint density at radius 2 is 1.62 bits per heavy atom. The van der Waals surface area contributed by atoms with Crippen LogP contribution in [-0.4, -0.2) is 32.4 Å². The van der Waals surface area contributed by atoms with E-state index in [9.17, 15) is 4.79 Å². The third-order valence-corrected chi connectivity index (χ3v) is 5.56. The lowest BCUT2D eigenvalue weighted by Gasteiger charge is -2.34. The fraction of sp³-hybridized carbons (Fsp3) is 0.417. The summed E-state index contributed by atoms with van der Waals surface area (Å²) in [5, 5.41) is 0. The summed E-state index contributed by atoms with van der Waals surface area (Å²) in [4.78, 5) is 20.1. The molecule has 0 saturated carbocycles. The van der Waals surface area contributed by atoms with E-state index in [-0.39, 0.29) is 24.5 Å². The number of rotatable bonds is 9. The van der Waals surface area contributed by atoms with E-state index in [1.165, 1.54) is 0 Å². The number of carbonyl (C=O) groups excluding carboxylic acids is 1. The van der Waals surface area contributed by atoms with Crippen LogP contribution in [0.1, 0.15) is 46.4 Å². The fourth-order valence-corrected chi connectivity index (χ4v) is 3.61. The zero-order valence-corrected chi connectivity index (χ0v) is 17.8. The van der Waals surface area contributed by atoms with Gasteiger partial charge in [0.15, 0.2) is 0 Å². The van der Waals surface area contributed by atoms with Crippen LogP contribution in [0.3, 0.4) is 0 Å². The molecule has 2 aromatic carbocycles. The molecule has 0 N–H and O–H groups in total. The molecule has 0 spiro atoms. The average Bonchev–Trinajstić information content (AvgIpc) is 3.10. The molecule has 5 heteroatoms. The molecule has 0 radical (unpaired) electrons. The van der Waals surface area contributed by atoms with E-state index in [0.717, 1.165) is 35.4 Å². The van der Waals surface area contributed by atoms with Crippen LogP contribution in [-0.2, 0) is 17.9 Å². The van der Waals surface area contributed by atoms with Crippen molar-refractivity contribution in [2.75, 3.05) is 0 Å². The third kappa shape index (κ3) is 4.78. The van der Waals surface area contributed by atoms with Gasteiger partial charge in [-0.15, -0.1) is 0 Å². The highest BCUT2D eigenvalue weighted by Gasteiger charge is 2.25. The maximum absolute atomic E-state index is 13.3. The maximum atomic E-state index is 13.3. The minimum Gasteiger partial charge on any atom is -0.486 e. The van der Waals surface area contributed by atoms with Gasteiger partial charge in [-0.3, -0.25) is 4.79 Å². The zero-order chi connectivity index (χ0) is 20.8. The molecular formula is C24H31N3O2. The van der Waals surface area contributed by atoms with Crippen LogP contribution in [0.2, 0.25) is 0 Å². The number of hydrogen-bond acceptors (Lipinski definition) is 3. The molecule has 1 aromatic heterocycles. The molecule has 1 amide bonds. The Kier molecular flexibility index (Phi) is 6.91. The number of hydrogen-bond donors (Lipinski definition) is 0. The van der Waals surface area contributed by atoms with Crippen molar-refractivity contribution in [3.8, 4) is 5.75 Å². The number of nitrogens with zero attached hydrogens (tertiary/aromatic N) is 3. The van der Waals surface area contributed by atoms with Crippen molar-refractivity contribution in [1.29, 1.82) is 0 Å². The molecule has 2 unspecified atom stereocenters.